The highest BCUT2D eigenvalue weighted by Gasteiger charge is 2.16. The summed E-state index contributed by atoms with van der Waals surface area (Å²) in [6.45, 7) is 0. The van der Waals surface area contributed by atoms with Gasteiger partial charge >= 0.3 is 0 Å². The van der Waals surface area contributed by atoms with Crippen LogP contribution in [0, 0.1) is 0 Å². The van der Waals surface area contributed by atoms with Crippen LogP contribution in [-0.2, 0) is 10.0 Å². The zero-order chi connectivity index (χ0) is 10.9. The molecule has 1 aromatic carbocycles. The molecule has 0 aromatic heterocycles. The van der Waals surface area contributed by atoms with Gasteiger partial charge in [0.05, 0.1) is 7.11 Å². The molecule has 0 bridgehead atoms. The summed E-state index contributed by atoms with van der Waals surface area (Å²) in [7, 11) is -2.46. The van der Waals surface area contributed by atoms with E-state index in [4.69, 9.17) is 15.6 Å². The summed E-state index contributed by atoms with van der Waals surface area (Å²) in [5.74, 6) is 0.161. The number of hydrogen-bond donors (Lipinski definition) is 2. The fraction of sp³-hybridized carbons (Fsp3) is 0.143. The summed E-state index contributed by atoms with van der Waals surface area (Å²) < 4.78 is 27.6. The van der Waals surface area contributed by atoms with E-state index >= 15 is 0 Å². The van der Waals surface area contributed by atoms with Crippen LogP contribution in [0.25, 0.3) is 0 Å². The lowest BCUT2D eigenvalue weighted by Gasteiger charge is -2.08. The second-order valence-corrected chi connectivity index (χ2v) is 4.95. The van der Waals surface area contributed by atoms with E-state index in [2.05, 4.69) is 15.9 Å². The highest BCUT2D eigenvalue weighted by molar-refractivity contribution is 9.10. The third-order valence-electron chi connectivity index (χ3n) is 1.59. The molecule has 0 heterocycles. The number of methoxy groups -OCH3 is 1. The molecule has 0 aliphatic rings. The molecule has 14 heavy (non-hydrogen) atoms. The van der Waals surface area contributed by atoms with Crippen molar-refractivity contribution in [1.29, 1.82) is 0 Å². The normalized spacial score (nSPS) is 11.4. The van der Waals surface area contributed by atoms with E-state index < -0.39 is 10.0 Å². The molecule has 0 amide bonds. The third-order valence-corrected chi connectivity index (χ3v) is 3.21. The molecule has 5 nitrogen and oxygen atoms in total. The van der Waals surface area contributed by atoms with Crippen LogP contribution in [0.15, 0.2) is 21.5 Å². The molecule has 0 atom stereocenters. The van der Waals surface area contributed by atoms with E-state index in [9.17, 15) is 8.42 Å². The monoisotopic (exact) mass is 280 g/mol. The van der Waals surface area contributed by atoms with Crippen LogP contribution in [0.5, 0.6) is 5.75 Å². The van der Waals surface area contributed by atoms with Crippen molar-refractivity contribution in [3.63, 3.8) is 0 Å². The summed E-state index contributed by atoms with van der Waals surface area (Å²) in [5.41, 5.74) is 5.81. The molecular weight excluding hydrogens is 272 g/mol. The largest absolute Gasteiger partial charge is 0.495 e. The minimum Gasteiger partial charge on any atom is -0.495 e. The van der Waals surface area contributed by atoms with Crippen LogP contribution in [0.2, 0.25) is 0 Å². The van der Waals surface area contributed by atoms with Gasteiger partial charge in [0.15, 0.2) is 0 Å². The van der Waals surface area contributed by atoms with E-state index in [1.54, 1.807) is 0 Å². The Balaban J connectivity index is 3.51. The van der Waals surface area contributed by atoms with Gasteiger partial charge in [0, 0.05) is 10.2 Å². The predicted octanol–water partition coefficient (Wildman–Crippen LogP) is 0.687. The lowest BCUT2D eigenvalue weighted by atomic mass is 10.3. The molecule has 0 unspecified atom stereocenters. The van der Waals surface area contributed by atoms with Crippen LogP contribution in [0.4, 0.5) is 5.69 Å². The van der Waals surface area contributed by atoms with Gasteiger partial charge in [-0.15, -0.1) is 0 Å². The number of halogens is 1. The summed E-state index contributed by atoms with van der Waals surface area (Å²) in [5, 5.41) is 4.97. The van der Waals surface area contributed by atoms with Crippen LogP contribution in [0.1, 0.15) is 0 Å². The van der Waals surface area contributed by atoms with Crippen LogP contribution in [0.3, 0.4) is 0 Å². The maximum absolute atomic E-state index is 11.1. The number of nitrogens with two attached hydrogens (primary N) is 2. The molecule has 1 aromatic rings. The number of anilines is 1. The Morgan fingerprint density at radius 1 is 1.43 bits per heavy atom. The Morgan fingerprint density at radius 2 is 2.00 bits per heavy atom. The smallest absolute Gasteiger partial charge is 0.241 e. The average molecular weight is 281 g/mol. The number of ether oxygens (including phenoxy) is 1. The predicted molar refractivity (Wildman–Crippen MR) is 56.5 cm³/mol. The molecule has 0 radical (unpaired) electrons. The summed E-state index contributed by atoms with van der Waals surface area (Å²) >= 11 is 3.15. The van der Waals surface area contributed by atoms with Crippen LogP contribution in [-0.4, -0.2) is 15.5 Å². The summed E-state index contributed by atoms with van der Waals surface area (Å²) in [4.78, 5) is -0.124. The van der Waals surface area contributed by atoms with Crippen molar-refractivity contribution in [2.45, 2.75) is 4.90 Å². The maximum atomic E-state index is 11.1. The number of nitrogen functional groups attached to an aromatic ring is 1. The van der Waals surface area contributed by atoms with Crippen LogP contribution < -0.4 is 15.6 Å². The van der Waals surface area contributed by atoms with Crippen molar-refractivity contribution in [2.24, 2.45) is 5.14 Å². The summed E-state index contributed by atoms with van der Waals surface area (Å²) in [6, 6.07) is 2.70. The fourth-order valence-corrected chi connectivity index (χ4v) is 1.97. The van der Waals surface area contributed by atoms with Crippen molar-refractivity contribution < 1.29 is 13.2 Å². The molecule has 7 heteroatoms. The first-order valence-electron chi connectivity index (χ1n) is 3.52. The molecule has 0 aliphatic heterocycles. The molecule has 0 fully saturated rings. The molecule has 4 N–H and O–H groups in total. The van der Waals surface area contributed by atoms with E-state index in [1.807, 2.05) is 0 Å². The Kier molecular flexibility index (Phi) is 3.03. The van der Waals surface area contributed by atoms with Gasteiger partial charge in [-0.25, -0.2) is 13.6 Å². The van der Waals surface area contributed by atoms with Crippen molar-refractivity contribution in [1.82, 2.24) is 0 Å². The minimum absolute atomic E-state index is 0.124. The Morgan fingerprint density at radius 3 is 2.43 bits per heavy atom. The van der Waals surface area contributed by atoms with E-state index in [0.717, 1.165) is 0 Å². The molecule has 0 aliphatic carbocycles. The van der Waals surface area contributed by atoms with Gasteiger partial charge in [-0.05, 0) is 28.1 Å². The molecular formula is C7H9BrN2O3S. The number of primary sulfonamides is 1. The second-order valence-electron chi connectivity index (χ2n) is 2.57. The number of benzene rings is 1. The van der Waals surface area contributed by atoms with Gasteiger partial charge in [-0.3, -0.25) is 0 Å². The lowest BCUT2D eigenvalue weighted by molar-refractivity contribution is 0.402. The van der Waals surface area contributed by atoms with Gasteiger partial charge in [-0.1, -0.05) is 0 Å². The second kappa shape index (κ2) is 3.76. The van der Waals surface area contributed by atoms with E-state index in [0.29, 0.717) is 4.47 Å². The first kappa shape index (κ1) is 11.3. The van der Waals surface area contributed by atoms with Gasteiger partial charge in [0.1, 0.15) is 10.6 Å². The minimum atomic E-state index is -3.81. The van der Waals surface area contributed by atoms with Gasteiger partial charge in [0.2, 0.25) is 10.0 Å². The first-order valence-corrected chi connectivity index (χ1v) is 5.86. The maximum Gasteiger partial charge on any atom is 0.241 e. The van der Waals surface area contributed by atoms with Crippen molar-refractivity contribution in [3.8, 4) is 5.75 Å². The molecule has 0 saturated heterocycles. The van der Waals surface area contributed by atoms with Gasteiger partial charge in [0.25, 0.3) is 0 Å². The number of rotatable bonds is 2. The molecule has 1 rings (SSSR count). The lowest BCUT2D eigenvalue weighted by Crippen LogP contribution is -2.14. The molecule has 0 spiro atoms. The number of hydrogen-bond acceptors (Lipinski definition) is 4. The fourth-order valence-electron chi connectivity index (χ4n) is 0.933. The van der Waals surface area contributed by atoms with E-state index in [1.165, 1.54) is 19.2 Å². The zero-order valence-electron chi connectivity index (χ0n) is 7.32. The molecule has 0 saturated carbocycles. The zero-order valence-corrected chi connectivity index (χ0v) is 9.72. The van der Waals surface area contributed by atoms with Crippen molar-refractivity contribution >= 4 is 31.6 Å². The third kappa shape index (κ3) is 2.17. The Bertz CT molecular complexity index is 458. The van der Waals surface area contributed by atoms with Crippen molar-refractivity contribution in [3.05, 3.63) is 16.6 Å². The Labute approximate surface area is 90.2 Å². The van der Waals surface area contributed by atoms with Crippen LogP contribution >= 0.6 is 15.9 Å². The quantitative estimate of drug-likeness (QED) is 0.779. The topological polar surface area (TPSA) is 95.4 Å². The summed E-state index contributed by atoms with van der Waals surface area (Å²) in [6.07, 6.45) is 0. The highest BCUT2D eigenvalue weighted by Crippen LogP contribution is 2.31. The Hall–Kier alpha value is -0.790. The number of sulfonamides is 1. The van der Waals surface area contributed by atoms with Gasteiger partial charge < -0.3 is 10.5 Å². The van der Waals surface area contributed by atoms with Crippen molar-refractivity contribution in [2.75, 3.05) is 12.8 Å². The van der Waals surface area contributed by atoms with Gasteiger partial charge in [-0.2, -0.15) is 0 Å². The molecule has 78 valence electrons. The SMILES string of the molecule is COc1cc(Br)c(N)cc1S(N)(=O)=O. The first-order chi connectivity index (χ1) is 6.36. The highest BCUT2D eigenvalue weighted by atomic mass is 79.9. The standard InChI is InChI=1S/C7H9BrN2O3S/c1-13-6-2-4(8)5(9)3-7(6)14(10,11)12/h2-3H,9H2,1H3,(H2,10,11,12). The van der Waals surface area contributed by atoms with E-state index in [-0.39, 0.29) is 16.3 Å². The average Bonchev–Trinajstić information content (AvgIpc) is 2.07.